The molecule has 2 atom stereocenters. The summed E-state index contributed by atoms with van der Waals surface area (Å²) in [5, 5.41) is 3.47. The van der Waals surface area contributed by atoms with E-state index in [1.165, 1.54) is 0 Å². The van der Waals surface area contributed by atoms with E-state index in [0.29, 0.717) is 5.56 Å². The molecule has 3 heteroatoms. The molecule has 0 amide bonds. The van der Waals surface area contributed by atoms with Crippen LogP contribution in [0.2, 0.25) is 0 Å². The molecule has 1 heterocycles. The Morgan fingerprint density at radius 3 is 2.68 bits per heavy atom. The molecule has 1 aromatic heterocycles. The first-order valence-electron chi connectivity index (χ1n) is 6.67. The number of furan rings is 1. The summed E-state index contributed by atoms with van der Waals surface area (Å²) in [7, 11) is 0. The van der Waals surface area contributed by atoms with Crippen LogP contribution in [0, 0.1) is 12.7 Å². The zero-order valence-corrected chi connectivity index (χ0v) is 11.6. The second-order valence-corrected chi connectivity index (χ2v) is 4.87. The highest BCUT2D eigenvalue weighted by Crippen LogP contribution is 2.23. The second-order valence-electron chi connectivity index (χ2n) is 4.87. The fraction of sp³-hybridized carbons (Fsp3) is 0.375. The Morgan fingerprint density at radius 2 is 2.11 bits per heavy atom. The SMILES string of the molecule is CCC(NC(C)c1ccc(C)c(F)c1)c1ccco1. The quantitative estimate of drug-likeness (QED) is 0.855. The van der Waals surface area contributed by atoms with Crippen molar-refractivity contribution >= 4 is 0 Å². The van der Waals surface area contributed by atoms with Gasteiger partial charge in [0.15, 0.2) is 0 Å². The Kier molecular flexibility index (Phi) is 4.38. The van der Waals surface area contributed by atoms with E-state index in [-0.39, 0.29) is 17.9 Å². The summed E-state index contributed by atoms with van der Waals surface area (Å²) in [5.41, 5.74) is 1.63. The van der Waals surface area contributed by atoms with Gasteiger partial charge in [0.1, 0.15) is 11.6 Å². The molecule has 0 aliphatic heterocycles. The lowest BCUT2D eigenvalue weighted by atomic mass is 10.0. The molecule has 1 N–H and O–H groups in total. The molecule has 2 rings (SSSR count). The fourth-order valence-corrected chi connectivity index (χ4v) is 2.17. The molecule has 102 valence electrons. The molecule has 0 fully saturated rings. The van der Waals surface area contributed by atoms with Gasteiger partial charge in [-0.25, -0.2) is 4.39 Å². The lowest BCUT2D eigenvalue weighted by molar-refractivity contribution is 0.376. The van der Waals surface area contributed by atoms with Crippen LogP contribution in [0.5, 0.6) is 0 Å². The largest absolute Gasteiger partial charge is 0.468 e. The van der Waals surface area contributed by atoms with Crippen LogP contribution < -0.4 is 5.32 Å². The number of aryl methyl sites for hydroxylation is 1. The maximum Gasteiger partial charge on any atom is 0.126 e. The van der Waals surface area contributed by atoms with Gasteiger partial charge in [-0.15, -0.1) is 0 Å². The van der Waals surface area contributed by atoms with Crippen molar-refractivity contribution in [3.8, 4) is 0 Å². The second kappa shape index (κ2) is 6.02. The smallest absolute Gasteiger partial charge is 0.126 e. The van der Waals surface area contributed by atoms with Crippen molar-refractivity contribution in [2.24, 2.45) is 0 Å². The average molecular weight is 261 g/mol. The molecule has 0 saturated carbocycles. The van der Waals surface area contributed by atoms with E-state index in [1.807, 2.05) is 31.2 Å². The summed E-state index contributed by atoms with van der Waals surface area (Å²) in [5.74, 6) is 0.763. The highest BCUT2D eigenvalue weighted by atomic mass is 19.1. The predicted molar refractivity (Wildman–Crippen MR) is 74.4 cm³/mol. The van der Waals surface area contributed by atoms with Crippen LogP contribution in [0.15, 0.2) is 41.0 Å². The average Bonchev–Trinajstić information content (AvgIpc) is 2.92. The lowest BCUT2D eigenvalue weighted by Crippen LogP contribution is -2.24. The molecule has 0 spiro atoms. The highest BCUT2D eigenvalue weighted by molar-refractivity contribution is 5.25. The molecular weight excluding hydrogens is 241 g/mol. The van der Waals surface area contributed by atoms with Crippen LogP contribution in [0.25, 0.3) is 0 Å². The molecular formula is C16H20FNO. The minimum atomic E-state index is -0.155. The summed E-state index contributed by atoms with van der Waals surface area (Å²) < 4.78 is 19.0. The Labute approximate surface area is 113 Å². The van der Waals surface area contributed by atoms with Crippen LogP contribution in [0.1, 0.15) is 49.2 Å². The standard InChI is InChI=1S/C16H20FNO/c1-4-15(16-6-5-9-19-16)18-12(3)13-8-7-11(2)14(17)10-13/h5-10,12,15,18H,4H2,1-3H3. The predicted octanol–water partition coefficient (Wildman–Crippen LogP) is 4.53. The van der Waals surface area contributed by atoms with Gasteiger partial charge in [0, 0.05) is 6.04 Å². The zero-order valence-electron chi connectivity index (χ0n) is 11.6. The fourth-order valence-electron chi connectivity index (χ4n) is 2.17. The highest BCUT2D eigenvalue weighted by Gasteiger charge is 2.16. The maximum atomic E-state index is 13.6. The molecule has 0 radical (unpaired) electrons. The molecule has 2 unspecified atom stereocenters. The van der Waals surface area contributed by atoms with Gasteiger partial charge in [0.2, 0.25) is 0 Å². The van der Waals surface area contributed by atoms with E-state index in [4.69, 9.17) is 4.42 Å². The summed E-state index contributed by atoms with van der Waals surface area (Å²) in [4.78, 5) is 0. The van der Waals surface area contributed by atoms with Gasteiger partial charge in [-0.1, -0.05) is 19.1 Å². The first kappa shape index (κ1) is 13.8. The van der Waals surface area contributed by atoms with Crippen LogP contribution in [0.3, 0.4) is 0 Å². The third kappa shape index (κ3) is 3.24. The molecule has 2 nitrogen and oxygen atoms in total. The van der Waals surface area contributed by atoms with Gasteiger partial charge in [0.05, 0.1) is 12.3 Å². The first-order chi connectivity index (χ1) is 9.11. The topological polar surface area (TPSA) is 25.2 Å². The summed E-state index contributed by atoms with van der Waals surface area (Å²) in [6, 6.07) is 9.45. The lowest BCUT2D eigenvalue weighted by Gasteiger charge is -2.21. The Balaban J connectivity index is 2.11. The molecule has 0 aliphatic carbocycles. The van der Waals surface area contributed by atoms with E-state index in [1.54, 1.807) is 19.3 Å². The Hall–Kier alpha value is -1.61. The van der Waals surface area contributed by atoms with Gasteiger partial charge >= 0.3 is 0 Å². The Morgan fingerprint density at radius 1 is 1.32 bits per heavy atom. The number of nitrogens with one attached hydrogen (secondary N) is 1. The zero-order chi connectivity index (χ0) is 13.8. The van der Waals surface area contributed by atoms with Gasteiger partial charge < -0.3 is 9.73 Å². The van der Waals surface area contributed by atoms with Crippen LogP contribution >= 0.6 is 0 Å². The van der Waals surface area contributed by atoms with Gasteiger partial charge in [0.25, 0.3) is 0 Å². The third-order valence-electron chi connectivity index (χ3n) is 3.44. The number of halogens is 1. The van der Waals surface area contributed by atoms with E-state index < -0.39 is 0 Å². The van der Waals surface area contributed by atoms with Crippen molar-refractivity contribution < 1.29 is 8.81 Å². The Bertz CT molecular complexity index is 522. The van der Waals surface area contributed by atoms with Crippen molar-refractivity contribution in [3.63, 3.8) is 0 Å². The monoisotopic (exact) mass is 261 g/mol. The maximum absolute atomic E-state index is 13.6. The van der Waals surface area contributed by atoms with Gasteiger partial charge in [-0.3, -0.25) is 0 Å². The molecule has 0 aliphatic rings. The van der Waals surface area contributed by atoms with Gasteiger partial charge in [-0.2, -0.15) is 0 Å². The van der Waals surface area contributed by atoms with Crippen LogP contribution in [-0.2, 0) is 0 Å². The number of benzene rings is 1. The number of hydrogen-bond donors (Lipinski definition) is 1. The molecule has 1 aromatic carbocycles. The van der Waals surface area contributed by atoms with E-state index >= 15 is 0 Å². The molecule has 0 bridgehead atoms. The van der Waals surface area contributed by atoms with E-state index in [2.05, 4.69) is 12.2 Å². The van der Waals surface area contributed by atoms with Crippen LogP contribution in [0.4, 0.5) is 4.39 Å². The first-order valence-corrected chi connectivity index (χ1v) is 6.67. The molecule has 19 heavy (non-hydrogen) atoms. The number of rotatable bonds is 5. The minimum Gasteiger partial charge on any atom is -0.468 e. The minimum absolute atomic E-state index is 0.0742. The summed E-state index contributed by atoms with van der Waals surface area (Å²) in [6.07, 6.45) is 2.60. The van der Waals surface area contributed by atoms with E-state index in [0.717, 1.165) is 17.7 Å². The van der Waals surface area contributed by atoms with Crippen LogP contribution in [-0.4, -0.2) is 0 Å². The normalized spacial score (nSPS) is 14.3. The van der Waals surface area contributed by atoms with Crippen molar-refractivity contribution in [1.82, 2.24) is 5.32 Å². The molecule has 2 aromatic rings. The number of hydrogen-bond acceptors (Lipinski definition) is 2. The summed E-state index contributed by atoms with van der Waals surface area (Å²) in [6.45, 7) is 5.91. The molecule has 0 saturated heterocycles. The van der Waals surface area contributed by atoms with Gasteiger partial charge in [-0.05, 0) is 49.6 Å². The van der Waals surface area contributed by atoms with Crippen molar-refractivity contribution in [3.05, 3.63) is 59.3 Å². The van der Waals surface area contributed by atoms with E-state index in [9.17, 15) is 4.39 Å². The van der Waals surface area contributed by atoms with Crippen molar-refractivity contribution in [2.75, 3.05) is 0 Å². The summed E-state index contributed by atoms with van der Waals surface area (Å²) >= 11 is 0. The third-order valence-corrected chi connectivity index (χ3v) is 3.44. The van der Waals surface area contributed by atoms with Crippen molar-refractivity contribution in [2.45, 2.75) is 39.3 Å². The van der Waals surface area contributed by atoms with Crippen molar-refractivity contribution in [1.29, 1.82) is 0 Å².